The molecule has 0 radical (unpaired) electrons. The number of thioether (sulfide) groups is 1. The van der Waals surface area contributed by atoms with Crippen LogP contribution in [0.4, 0.5) is 5.13 Å². The molecule has 96 valence electrons. The van der Waals surface area contributed by atoms with Crippen LogP contribution in [0.1, 0.15) is 31.6 Å². The Labute approximate surface area is 112 Å². The summed E-state index contributed by atoms with van der Waals surface area (Å²) in [6.07, 6.45) is 4.44. The second kappa shape index (κ2) is 5.59. The molecule has 1 aliphatic rings. The van der Waals surface area contributed by atoms with Gasteiger partial charge in [-0.1, -0.05) is 13.8 Å². The highest BCUT2D eigenvalue weighted by molar-refractivity contribution is 8.00. The van der Waals surface area contributed by atoms with E-state index in [2.05, 4.69) is 35.5 Å². The summed E-state index contributed by atoms with van der Waals surface area (Å²) in [7, 11) is 0. The molecule has 1 saturated heterocycles. The molecule has 0 bridgehead atoms. The van der Waals surface area contributed by atoms with E-state index in [0.717, 1.165) is 6.54 Å². The molecule has 2 rings (SSSR count). The van der Waals surface area contributed by atoms with E-state index in [-0.39, 0.29) is 0 Å². The molecule has 1 aromatic rings. The molecule has 1 fully saturated rings. The predicted octanol–water partition coefficient (Wildman–Crippen LogP) is 2.83. The minimum atomic E-state index is 0.467. The van der Waals surface area contributed by atoms with Crippen LogP contribution in [0, 0.1) is 0 Å². The van der Waals surface area contributed by atoms with Crippen LogP contribution in [0.2, 0.25) is 0 Å². The first-order chi connectivity index (χ1) is 8.17. The summed E-state index contributed by atoms with van der Waals surface area (Å²) in [5, 5.41) is 0.684. The largest absolute Gasteiger partial charge is 0.375 e. The van der Waals surface area contributed by atoms with E-state index >= 15 is 0 Å². The zero-order valence-corrected chi connectivity index (χ0v) is 12.2. The Morgan fingerprint density at radius 3 is 2.82 bits per heavy atom. The van der Waals surface area contributed by atoms with Crippen molar-refractivity contribution in [1.82, 2.24) is 9.88 Å². The van der Waals surface area contributed by atoms with Crippen molar-refractivity contribution in [2.45, 2.75) is 38.0 Å². The molecule has 2 N–H and O–H groups in total. The Balaban J connectivity index is 1.98. The standard InChI is InChI=1S/C12H21N3S2/c1-3-12(4-2)9-15(5-6-16-12)8-10-7-14-11(13)17-10/h7H,3-6,8-9H2,1-2H3,(H2,13,14). The summed E-state index contributed by atoms with van der Waals surface area (Å²) in [5.41, 5.74) is 5.67. The molecule has 0 aromatic carbocycles. The van der Waals surface area contributed by atoms with Crippen LogP contribution >= 0.6 is 23.1 Å². The lowest BCUT2D eigenvalue weighted by Gasteiger charge is -2.41. The van der Waals surface area contributed by atoms with Gasteiger partial charge in [-0.2, -0.15) is 11.8 Å². The molecule has 0 unspecified atom stereocenters. The third kappa shape index (κ3) is 3.14. The number of rotatable bonds is 4. The van der Waals surface area contributed by atoms with Crippen LogP contribution in [0.5, 0.6) is 0 Å². The highest BCUT2D eigenvalue weighted by Gasteiger charge is 2.32. The average molecular weight is 271 g/mol. The minimum Gasteiger partial charge on any atom is -0.375 e. The van der Waals surface area contributed by atoms with Crippen molar-refractivity contribution >= 4 is 28.2 Å². The maximum atomic E-state index is 5.67. The Morgan fingerprint density at radius 2 is 2.24 bits per heavy atom. The van der Waals surface area contributed by atoms with E-state index in [4.69, 9.17) is 5.73 Å². The van der Waals surface area contributed by atoms with Crippen LogP contribution in [-0.2, 0) is 6.54 Å². The van der Waals surface area contributed by atoms with Crippen LogP contribution in [0.3, 0.4) is 0 Å². The maximum Gasteiger partial charge on any atom is 0.180 e. The Hall–Kier alpha value is -0.260. The molecule has 5 heteroatoms. The molecule has 0 atom stereocenters. The topological polar surface area (TPSA) is 42.2 Å². The van der Waals surface area contributed by atoms with E-state index in [9.17, 15) is 0 Å². The number of nitrogens with two attached hydrogens (primary N) is 1. The summed E-state index contributed by atoms with van der Waals surface area (Å²) in [6.45, 7) is 8.01. The van der Waals surface area contributed by atoms with E-state index in [1.54, 1.807) is 11.3 Å². The number of anilines is 1. The van der Waals surface area contributed by atoms with E-state index in [0.29, 0.717) is 9.88 Å². The van der Waals surface area contributed by atoms with Crippen molar-refractivity contribution < 1.29 is 0 Å². The fraction of sp³-hybridized carbons (Fsp3) is 0.750. The van der Waals surface area contributed by atoms with Gasteiger partial charge in [-0.05, 0) is 12.8 Å². The lowest BCUT2D eigenvalue weighted by atomic mass is 10.0. The van der Waals surface area contributed by atoms with E-state index in [1.165, 1.54) is 36.6 Å². The van der Waals surface area contributed by atoms with Crippen LogP contribution in [0.25, 0.3) is 0 Å². The fourth-order valence-corrected chi connectivity index (χ4v) is 4.54. The molecule has 17 heavy (non-hydrogen) atoms. The van der Waals surface area contributed by atoms with Gasteiger partial charge < -0.3 is 5.73 Å². The second-order valence-corrected chi connectivity index (χ2v) is 7.32. The lowest BCUT2D eigenvalue weighted by Crippen LogP contribution is -2.45. The zero-order chi connectivity index (χ0) is 12.3. The Kier molecular flexibility index (Phi) is 4.33. The number of nitrogen functional groups attached to an aromatic ring is 1. The first kappa shape index (κ1) is 13.2. The van der Waals surface area contributed by atoms with Gasteiger partial charge >= 0.3 is 0 Å². The van der Waals surface area contributed by atoms with Crippen molar-refractivity contribution in [2.24, 2.45) is 0 Å². The predicted molar refractivity (Wildman–Crippen MR) is 77.6 cm³/mol. The number of thiazole rings is 1. The highest BCUT2D eigenvalue weighted by Crippen LogP contribution is 2.37. The molecule has 0 spiro atoms. The normalized spacial score (nSPS) is 20.6. The van der Waals surface area contributed by atoms with Crippen LogP contribution in [-0.4, -0.2) is 33.5 Å². The highest BCUT2D eigenvalue weighted by atomic mass is 32.2. The van der Waals surface area contributed by atoms with Gasteiger partial charge in [-0.15, -0.1) is 11.3 Å². The van der Waals surface area contributed by atoms with Crippen molar-refractivity contribution in [1.29, 1.82) is 0 Å². The van der Waals surface area contributed by atoms with Gasteiger partial charge in [0, 0.05) is 41.2 Å². The minimum absolute atomic E-state index is 0.467. The number of hydrogen-bond acceptors (Lipinski definition) is 5. The van der Waals surface area contributed by atoms with Gasteiger partial charge in [0.2, 0.25) is 0 Å². The summed E-state index contributed by atoms with van der Waals surface area (Å²) in [4.78, 5) is 7.96. The fourth-order valence-electron chi connectivity index (χ4n) is 2.35. The molecular formula is C12H21N3S2. The second-order valence-electron chi connectivity index (χ2n) is 4.61. The molecular weight excluding hydrogens is 250 g/mol. The summed E-state index contributed by atoms with van der Waals surface area (Å²) in [5.74, 6) is 1.25. The summed E-state index contributed by atoms with van der Waals surface area (Å²) in [6, 6.07) is 0. The number of nitrogens with zero attached hydrogens (tertiary/aromatic N) is 2. The third-order valence-electron chi connectivity index (χ3n) is 3.57. The lowest BCUT2D eigenvalue weighted by molar-refractivity contribution is 0.235. The van der Waals surface area contributed by atoms with Gasteiger partial charge in [0.1, 0.15) is 0 Å². The molecule has 1 aromatic heterocycles. The van der Waals surface area contributed by atoms with Gasteiger partial charge in [0.25, 0.3) is 0 Å². The summed E-state index contributed by atoms with van der Waals surface area (Å²) < 4.78 is 0.467. The Morgan fingerprint density at radius 1 is 1.47 bits per heavy atom. The quantitative estimate of drug-likeness (QED) is 0.914. The van der Waals surface area contributed by atoms with Crippen LogP contribution in [0.15, 0.2) is 6.20 Å². The van der Waals surface area contributed by atoms with Crippen molar-refractivity contribution in [3.63, 3.8) is 0 Å². The SMILES string of the molecule is CCC1(CC)CN(Cc2cnc(N)s2)CCS1. The average Bonchev–Trinajstić information content (AvgIpc) is 2.75. The monoisotopic (exact) mass is 271 g/mol. The van der Waals surface area contributed by atoms with E-state index in [1.807, 2.05) is 6.20 Å². The molecule has 0 saturated carbocycles. The third-order valence-corrected chi connectivity index (χ3v) is 6.08. The first-order valence-corrected chi connectivity index (χ1v) is 8.04. The smallest absolute Gasteiger partial charge is 0.180 e. The molecule has 1 aliphatic heterocycles. The zero-order valence-electron chi connectivity index (χ0n) is 10.6. The van der Waals surface area contributed by atoms with Gasteiger partial charge in [0.15, 0.2) is 5.13 Å². The van der Waals surface area contributed by atoms with Gasteiger partial charge in [-0.25, -0.2) is 4.98 Å². The van der Waals surface area contributed by atoms with E-state index < -0.39 is 0 Å². The first-order valence-electron chi connectivity index (χ1n) is 6.24. The Bertz CT molecular complexity index is 360. The van der Waals surface area contributed by atoms with Crippen LogP contribution < -0.4 is 5.73 Å². The molecule has 0 aliphatic carbocycles. The van der Waals surface area contributed by atoms with Crippen molar-refractivity contribution in [3.05, 3.63) is 11.1 Å². The molecule has 3 nitrogen and oxygen atoms in total. The van der Waals surface area contributed by atoms with Gasteiger partial charge in [-0.3, -0.25) is 4.90 Å². The molecule has 0 amide bonds. The van der Waals surface area contributed by atoms with Crippen molar-refractivity contribution in [2.75, 3.05) is 24.6 Å². The number of aromatic nitrogens is 1. The molecule has 2 heterocycles. The van der Waals surface area contributed by atoms with Crippen molar-refractivity contribution in [3.8, 4) is 0 Å². The number of hydrogen-bond donors (Lipinski definition) is 1. The summed E-state index contributed by atoms with van der Waals surface area (Å²) >= 11 is 3.77. The maximum absolute atomic E-state index is 5.67. The van der Waals surface area contributed by atoms with Gasteiger partial charge in [0.05, 0.1) is 0 Å².